The van der Waals surface area contributed by atoms with E-state index in [0.29, 0.717) is 16.2 Å². The molecule has 0 bridgehead atoms. The van der Waals surface area contributed by atoms with Crippen molar-refractivity contribution in [3.05, 3.63) is 64.4 Å². The average Bonchev–Trinajstić information content (AvgIpc) is 3.05. The van der Waals surface area contributed by atoms with Crippen LogP contribution >= 0.6 is 11.6 Å². The molecule has 0 unspecified atom stereocenters. The van der Waals surface area contributed by atoms with Gasteiger partial charge in [0.15, 0.2) is 6.61 Å². The van der Waals surface area contributed by atoms with Crippen molar-refractivity contribution in [2.24, 2.45) is 0 Å². The smallest absolute Gasteiger partial charge is 0.375 e. The number of amides is 1. The molecular formula is C20H15ClN2O5. The fraction of sp³-hybridized carbons (Fsp3) is 0.150. The van der Waals surface area contributed by atoms with Gasteiger partial charge in [0.2, 0.25) is 5.76 Å². The van der Waals surface area contributed by atoms with Gasteiger partial charge in [0.05, 0.1) is 17.9 Å². The molecule has 28 heavy (non-hydrogen) atoms. The average molecular weight is 399 g/mol. The Kier molecular flexibility index (Phi) is 5.94. The third-order valence-electron chi connectivity index (χ3n) is 3.88. The number of ether oxygens (including phenoxy) is 2. The number of rotatable bonds is 6. The number of halogens is 1. The Morgan fingerprint density at radius 3 is 2.79 bits per heavy atom. The molecule has 1 aromatic heterocycles. The zero-order valence-corrected chi connectivity index (χ0v) is 15.6. The first-order valence-corrected chi connectivity index (χ1v) is 8.57. The molecule has 0 aliphatic heterocycles. The number of esters is 1. The molecule has 2 aromatic carbocycles. The quantitative estimate of drug-likeness (QED) is 0.632. The molecule has 0 radical (unpaired) electrons. The van der Waals surface area contributed by atoms with Crippen LogP contribution in [0, 0.1) is 11.3 Å². The number of carbonyl (C=O) groups is 2. The van der Waals surface area contributed by atoms with Gasteiger partial charge in [-0.3, -0.25) is 4.79 Å². The monoisotopic (exact) mass is 398 g/mol. The summed E-state index contributed by atoms with van der Waals surface area (Å²) in [6.07, 6.45) is 0. The minimum absolute atomic E-state index is 0.0173. The van der Waals surface area contributed by atoms with Crippen LogP contribution in [0.5, 0.6) is 0 Å². The molecule has 8 heteroatoms. The summed E-state index contributed by atoms with van der Waals surface area (Å²) >= 11 is 5.88. The first-order valence-electron chi connectivity index (χ1n) is 8.19. The Morgan fingerprint density at radius 2 is 2.04 bits per heavy atom. The lowest BCUT2D eigenvalue weighted by molar-refractivity contribution is -0.119. The van der Waals surface area contributed by atoms with Crippen molar-refractivity contribution >= 4 is 40.1 Å². The number of nitrogens with zero attached hydrogens (tertiary/aromatic N) is 1. The highest BCUT2D eigenvalue weighted by molar-refractivity contribution is 6.31. The molecule has 3 rings (SSSR count). The molecule has 3 aromatic rings. The third kappa shape index (κ3) is 4.14. The molecule has 1 heterocycles. The number of benzene rings is 2. The lowest BCUT2D eigenvalue weighted by atomic mass is 10.1. The van der Waals surface area contributed by atoms with Gasteiger partial charge in [0.25, 0.3) is 5.91 Å². The summed E-state index contributed by atoms with van der Waals surface area (Å²) in [4.78, 5) is 24.5. The van der Waals surface area contributed by atoms with E-state index in [-0.39, 0.29) is 23.6 Å². The summed E-state index contributed by atoms with van der Waals surface area (Å²) in [6.45, 7) is -0.401. The van der Waals surface area contributed by atoms with Crippen LogP contribution in [0.4, 0.5) is 5.69 Å². The molecule has 1 amide bonds. The SMILES string of the molecule is COCc1c(C(=O)OCC(=O)Nc2cc(Cl)ccc2C#N)oc2ccccc12. The van der Waals surface area contributed by atoms with Crippen molar-refractivity contribution in [2.45, 2.75) is 6.61 Å². The van der Waals surface area contributed by atoms with E-state index < -0.39 is 18.5 Å². The van der Waals surface area contributed by atoms with Gasteiger partial charge in [-0.15, -0.1) is 0 Å². The Bertz CT molecular complexity index is 1080. The molecular weight excluding hydrogens is 384 g/mol. The Morgan fingerprint density at radius 1 is 1.25 bits per heavy atom. The van der Waals surface area contributed by atoms with E-state index in [4.69, 9.17) is 30.8 Å². The maximum Gasteiger partial charge on any atom is 0.375 e. The number of anilines is 1. The summed E-state index contributed by atoms with van der Waals surface area (Å²) in [7, 11) is 1.50. The van der Waals surface area contributed by atoms with Crippen LogP contribution in [-0.4, -0.2) is 25.6 Å². The van der Waals surface area contributed by atoms with E-state index in [9.17, 15) is 9.59 Å². The Balaban J connectivity index is 1.72. The molecule has 0 fully saturated rings. The van der Waals surface area contributed by atoms with E-state index >= 15 is 0 Å². The predicted octanol–water partition coefficient (Wildman–Crippen LogP) is 3.90. The fourth-order valence-corrected chi connectivity index (χ4v) is 2.82. The third-order valence-corrected chi connectivity index (χ3v) is 4.12. The fourth-order valence-electron chi connectivity index (χ4n) is 2.65. The van der Waals surface area contributed by atoms with Gasteiger partial charge in [-0.2, -0.15) is 5.26 Å². The predicted molar refractivity (Wildman–Crippen MR) is 102 cm³/mol. The summed E-state index contributed by atoms with van der Waals surface area (Å²) in [5.41, 5.74) is 1.54. The minimum atomic E-state index is -0.787. The second-order valence-electron chi connectivity index (χ2n) is 5.76. The molecule has 0 aliphatic carbocycles. The van der Waals surface area contributed by atoms with E-state index in [1.54, 1.807) is 18.2 Å². The summed E-state index contributed by atoms with van der Waals surface area (Å²) in [6, 6.07) is 13.5. The highest BCUT2D eigenvalue weighted by Crippen LogP contribution is 2.27. The van der Waals surface area contributed by atoms with Crippen LogP contribution < -0.4 is 5.32 Å². The molecule has 1 N–H and O–H groups in total. The number of furan rings is 1. The van der Waals surface area contributed by atoms with Gasteiger partial charge in [-0.05, 0) is 24.3 Å². The van der Waals surface area contributed by atoms with Crippen LogP contribution in [0.3, 0.4) is 0 Å². The van der Waals surface area contributed by atoms with Crippen LogP contribution in [0.15, 0.2) is 46.9 Å². The molecule has 0 saturated heterocycles. The minimum Gasteiger partial charge on any atom is -0.450 e. The standard InChI is InChI=1S/C20H15ClN2O5/c1-26-10-15-14-4-2-3-5-17(14)28-19(15)20(25)27-11-18(24)23-16-8-13(21)7-6-12(16)9-22/h2-8H,10-11H2,1H3,(H,23,24). The number of fused-ring (bicyclic) bond motifs is 1. The van der Waals surface area contributed by atoms with Crippen LogP contribution in [-0.2, 0) is 20.9 Å². The van der Waals surface area contributed by atoms with Crippen molar-refractivity contribution in [1.29, 1.82) is 5.26 Å². The highest BCUT2D eigenvalue weighted by Gasteiger charge is 2.22. The number of hydrogen-bond acceptors (Lipinski definition) is 6. The van der Waals surface area contributed by atoms with Gasteiger partial charge < -0.3 is 19.2 Å². The van der Waals surface area contributed by atoms with E-state index in [0.717, 1.165) is 5.39 Å². The van der Waals surface area contributed by atoms with Gasteiger partial charge in [0.1, 0.15) is 11.7 Å². The van der Waals surface area contributed by atoms with Crippen molar-refractivity contribution in [3.8, 4) is 6.07 Å². The molecule has 142 valence electrons. The van der Waals surface area contributed by atoms with E-state index in [2.05, 4.69) is 5.32 Å². The van der Waals surface area contributed by atoms with Crippen LogP contribution in [0.1, 0.15) is 21.7 Å². The Labute approximate surface area is 165 Å². The van der Waals surface area contributed by atoms with Crippen molar-refractivity contribution in [1.82, 2.24) is 0 Å². The van der Waals surface area contributed by atoms with Crippen molar-refractivity contribution < 1.29 is 23.5 Å². The molecule has 0 saturated carbocycles. The lowest BCUT2D eigenvalue weighted by Crippen LogP contribution is -2.21. The highest BCUT2D eigenvalue weighted by atomic mass is 35.5. The summed E-state index contributed by atoms with van der Waals surface area (Å²) in [5, 5.41) is 12.7. The molecule has 0 aliphatic rings. The molecule has 7 nitrogen and oxygen atoms in total. The largest absolute Gasteiger partial charge is 0.450 e. The van der Waals surface area contributed by atoms with Gasteiger partial charge >= 0.3 is 5.97 Å². The first-order chi connectivity index (χ1) is 13.5. The van der Waals surface area contributed by atoms with Gasteiger partial charge in [-0.25, -0.2) is 4.79 Å². The first kappa shape index (κ1) is 19.4. The summed E-state index contributed by atoms with van der Waals surface area (Å²) < 4.78 is 15.8. The van der Waals surface area contributed by atoms with Crippen molar-refractivity contribution in [2.75, 3.05) is 19.0 Å². The van der Waals surface area contributed by atoms with Crippen LogP contribution in [0.2, 0.25) is 5.02 Å². The second-order valence-corrected chi connectivity index (χ2v) is 6.20. The number of nitriles is 1. The molecule has 0 spiro atoms. The van der Waals surface area contributed by atoms with Crippen LogP contribution in [0.25, 0.3) is 11.0 Å². The maximum atomic E-state index is 12.4. The van der Waals surface area contributed by atoms with E-state index in [1.807, 2.05) is 12.1 Å². The summed E-state index contributed by atoms with van der Waals surface area (Å²) in [5.74, 6) is -1.42. The Hall–Kier alpha value is -3.34. The van der Waals surface area contributed by atoms with E-state index in [1.165, 1.54) is 25.3 Å². The maximum absolute atomic E-state index is 12.4. The van der Waals surface area contributed by atoms with Gasteiger partial charge in [-0.1, -0.05) is 29.8 Å². The number of methoxy groups -OCH3 is 1. The number of para-hydroxylation sites is 1. The number of nitrogens with one attached hydrogen (secondary N) is 1. The topological polar surface area (TPSA) is 102 Å². The zero-order chi connectivity index (χ0) is 20.1. The van der Waals surface area contributed by atoms with Gasteiger partial charge in [0, 0.05) is 23.1 Å². The van der Waals surface area contributed by atoms with Crippen molar-refractivity contribution in [3.63, 3.8) is 0 Å². The second kappa shape index (κ2) is 8.57. The molecule has 0 atom stereocenters. The zero-order valence-electron chi connectivity index (χ0n) is 14.8. The number of carbonyl (C=O) groups excluding carboxylic acids is 2. The number of hydrogen-bond donors (Lipinski definition) is 1. The normalized spacial score (nSPS) is 10.5. The lowest BCUT2D eigenvalue weighted by Gasteiger charge is -2.08.